The Balaban J connectivity index is 3.08. The van der Waals surface area contributed by atoms with Gasteiger partial charge in [0.25, 0.3) is 0 Å². The van der Waals surface area contributed by atoms with Crippen LogP contribution in [-0.2, 0) is 0 Å². The van der Waals surface area contributed by atoms with Crippen LogP contribution in [0, 0.1) is 11.3 Å². The average molecular weight is 191 g/mol. The number of nitriles is 1. The van der Waals surface area contributed by atoms with Crippen LogP contribution in [0.5, 0.6) is 0 Å². The molecule has 0 aliphatic rings. The number of nitrogens with zero attached hydrogens (tertiary/aromatic N) is 2. The smallest absolute Gasteiger partial charge is 0.336 e. The van der Waals surface area contributed by atoms with Crippen molar-refractivity contribution in [3.05, 3.63) is 29.6 Å². The van der Waals surface area contributed by atoms with E-state index in [0.717, 1.165) is 0 Å². The lowest BCUT2D eigenvalue weighted by molar-refractivity contribution is 0.0695. The second-order valence-corrected chi connectivity index (χ2v) is 2.74. The molecule has 0 aliphatic heterocycles. The van der Waals surface area contributed by atoms with Crippen molar-refractivity contribution in [3.63, 3.8) is 0 Å². The van der Waals surface area contributed by atoms with Crippen LogP contribution in [0.1, 0.15) is 28.4 Å². The summed E-state index contributed by atoms with van der Waals surface area (Å²) in [5, 5.41) is 17.2. The van der Waals surface area contributed by atoms with Crippen molar-refractivity contribution in [2.75, 3.05) is 0 Å². The molecular formula is C9H9N3O2. The third-order valence-electron chi connectivity index (χ3n) is 1.79. The minimum atomic E-state index is -1.06. The fourth-order valence-corrected chi connectivity index (χ4v) is 1.11. The molecular weight excluding hydrogens is 182 g/mol. The number of hydrogen-bond acceptors (Lipinski definition) is 4. The van der Waals surface area contributed by atoms with E-state index >= 15 is 0 Å². The summed E-state index contributed by atoms with van der Waals surface area (Å²) < 4.78 is 0. The second-order valence-electron chi connectivity index (χ2n) is 2.74. The summed E-state index contributed by atoms with van der Waals surface area (Å²) in [4.78, 5) is 14.5. The lowest BCUT2D eigenvalue weighted by Gasteiger charge is -2.09. The second kappa shape index (κ2) is 4.35. The van der Waals surface area contributed by atoms with Crippen molar-refractivity contribution in [1.29, 1.82) is 5.26 Å². The molecule has 72 valence electrons. The van der Waals surface area contributed by atoms with Crippen LogP contribution in [0.3, 0.4) is 0 Å². The first kappa shape index (κ1) is 10.2. The van der Waals surface area contributed by atoms with Crippen molar-refractivity contribution < 1.29 is 9.90 Å². The van der Waals surface area contributed by atoms with Gasteiger partial charge in [0.05, 0.1) is 18.1 Å². The number of nitrogens with two attached hydrogens (primary N) is 1. The third-order valence-corrected chi connectivity index (χ3v) is 1.79. The molecule has 0 aliphatic carbocycles. The molecule has 0 fully saturated rings. The van der Waals surface area contributed by atoms with E-state index in [1.807, 2.05) is 6.07 Å². The minimum absolute atomic E-state index is 0.0754. The average Bonchev–Trinajstić information content (AvgIpc) is 2.18. The van der Waals surface area contributed by atoms with Crippen molar-refractivity contribution in [2.45, 2.75) is 12.5 Å². The van der Waals surface area contributed by atoms with Gasteiger partial charge < -0.3 is 10.8 Å². The highest BCUT2D eigenvalue weighted by Crippen LogP contribution is 2.17. The molecule has 5 nitrogen and oxygen atoms in total. The lowest BCUT2D eigenvalue weighted by atomic mass is 10.0. The number of carboxylic acid groups (broad SMARTS) is 1. The normalized spacial score (nSPS) is 11.7. The molecule has 0 saturated heterocycles. The summed E-state index contributed by atoms with van der Waals surface area (Å²) >= 11 is 0. The van der Waals surface area contributed by atoms with Gasteiger partial charge >= 0.3 is 5.97 Å². The van der Waals surface area contributed by atoms with Crippen molar-refractivity contribution in [1.82, 2.24) is 4.98 Å². The van der Waals surface area contributed by atoms with E-state index < -0.39 is 12.0 Å². The van der Waals surface area contributed by atoms with Gasteiger partial charge in [-0.15, -0.1) is 0 Å². The Kier molecular flexibility index (Phi) is 3.15. The zero-order valence-electron chi connectivity index (χ0n) is 7.34. The summed E-state index contributed by atoms with van der Waals surface area (Å²) in [6.45, 7) is 0. The van der Waals surface area contributed by atoms with Crippen molar-refractivity contribution in [3.8, 4) is 6.07 Å². The molecule has 0 bridgehead atoms. The van der Waals surface area contributed by atoms with E-state index in [1.54, 1.807) is 0 Å². The van der Waals surface area contributed by atoms with Gasteiger partial charge in [-0.3, -0.25) is 4.98 Å². The van der Waals surface area contributed by atoms with Gasteiger partial charge in [-0.25, -0.2) is 4.79 Å². The lowest BCUT2D eigenvalue weighted by Crippen LogP contribution is -2.14. The van der Waals surface area contributed by atoms with Crippen LogP contribution in [0.25, 0.3) is 0 Å². The Morgan fingerprint density at radius 3 is 3.07 bits per heavy atom. The molecule has 0 saturated carbocycles. The zero-order chi connectivity index (χ0) is 10.6. The molecule has 0 amide bonds. The maximum atomic E-state index is 10.8. The van der Waals surface area contributed by atoms with Gasteiger partial charge in [0.2, 0.25) is 0 Å². The molecule has 1 aromatic rings. The molecule has 0 aromatic carbocycles. The maximum absolute atomic E-state index is 10.8. The molecule has 0 spiro atoms. The highest BCUT2D eigenvalue weighted by Gasteiger charge is 2.15. The predicted molar refractivity (Wildman–Crippen MR) is 48.4 cm³/mol. The van der Waals surface area contributed by atoms with E-state index in [9.17, 15) is 4.79 Å². The summed E-state index contributed by atoms with van der Waals surface area (Å²) in [6.07, 6.45) is 2.84. The quantitative estimate of drug-likeness (QED) is 0.732. The molecule has 0 unspecified atom stereocenters. The SMILES string of the molecule is N#CC[C@@H](N)c1cnccc1C(=O)O. The summed E-state index contributed by atoms with van der Waals surface area (Å²) in [7, 11) is 0. The summed E-state index contributed by atoms with van der Waals surface area (Å²) in [6, 6.07) is 2.66. The maximum Gasteiger partial charge on any atom is 0.336 e. The Bertz CT molecular complexity index is 384. The third kappa shape index (κ3) is 2.06. The van der Waals surface area contributed by atoms with E-state index in [1.165, 1.54) is 18.5 Å². The monoisotopic (exact) mass is 191 g/mol. The first-order valence-corrected chi connectivity index (χ1v) is 3.96. The zero-order valence-corrected chi connectivity index (χ0v) is 7.34. The Morgan fingerprint density at radius 2 is 2.50 bits per heavy atom. The van der Waals surface area contributed by atoms with Gasteiger partial charge in [-0.2, -0.15) is 5.26 Å². The molecule has 0 radical (unpaired) electrons. The van der Waals surface area contributed by atoms with Gasteiger partial charge in [-0.05, 0) is 6.07 Å². The summed E-state index contributed by atoms with van der Waals surface area (Å²) in [5.74, 6) is -1.06. The summed E-state index contributed by atoms with van der Waals surface area (Å²) in [5.41, 5.74) is 6.11. The molecule has 1 heterocycles. The Labute approximate surface area is 80.8 Å². The Hall–Kier alpha value is -1.93. The molecule has 14 heavy (non-hydrogen) atoms. The standard InChI is InChI=1S/C9H9N3O2/c10-3-1-8(11)7-5-12-4-2-6(7)9(13)14/h2,4-5,8H,1,11H2,(H,13,14)/t8-/m1/s1. The fraction of sp³-hybridized carbons (Fsp3) is 0.222. The van der Waals surface area contributed by atoms with E-state index in [0.29, 0.717) is 5.56 Å². The number of aromatic carboxylic acids is 1. The highest BCUT2D eigenvalue weighted by molar-refractivity contribution is 5.89. The molecule has 3 N–H and O–H groups in total. The molecule has 5 heteroatoms. The molecule has 1 atom stereocenters. The highest BCUT2D eigenvalue weighted by atomic mass is 16.4. The molecule has 1 aromatic heterocycles. The van der Waals surface area contributed by atoms with Gasteiger partial charge in [0.15, 0.2) is 0 Å². The number of carboxylic acids is 1. The van der Waals surface area contributed by atoms with Crippen LogP contribution < -0.4 is 5.73 Å². The first-order chi connectivity index (χ1) is 6.66. The van der Waals surface area contributed by atoms with Crippen LogP contribution in [0.15, 0.2) is 18.5 Å². The number of carbonyl (C=O) groups is 1. The number of aromatic nitrogens is 1. The number of rotatable bonds is 3. The number of pyridine rings is 1. The van der Waals surface area contributed by atoms with Crippen molar-refractivity contribution >= 4 is 5.97 Å². The van der Waals surface area contributed by atoms with Gasteiger partial charge in [0.1, 0.15) is 0 Å². The van der Waals surface area contributed by atoms with Gasteiger partial charge in [-0.1, -0.05) is 0 Å². The number of hydrogen-bond donors (Lipinski definition) is 2. The van der Waals surface area contributed by atoms with E-state index in [2.05, 4.69) is 4.98 Å². The predicted octanol–water partition coefficient (Wildman–Crippen LogP) is 0.693. The van der Waals surface area contributed by atoms with Crippen LogP contribution in [0.4, 0.5) is 0 Å². The minimum Gasteiger partial charge on any atom is -0.478 e. The van der Waals surface area contributed by atoms with Crippen LogP contribution in [0.2, 0.25) is 0 Å². The van der Waals surface area contributed by atoms with E-state index in [-0.39, 0.29) is 12.0 Å². The van der Waals surface area contributed by atoms with Crippen LogP contribution in [-0.4, -0.2) is 16.1 Å². The molecule has 1 rings (SSSR count). The first-order valence-electron chi connectivity index (χ1n) is 3.96. The van der Waals surface area contributed by atoms with E-state index in [4.69, 9.17) is 16.1 Å². The van der Waals surface area contributed by atoms with Crippen molar-refractivity contribution in [2.24, 2.45) is 5.73 Å². The largest absolute Gasteiger partial charge is 0.478 e. The van der Waals surface area contributed by atoms with Crippen LogP contribution >= 0.6 is 0 Å². The fourth-order valence-electron chi connectivity index (χ4n) is 1.11. The van der Waals surface area contributed by atoms with Gasteiger partial charge in [0, 0.05) is 24.0 Å². The Morgan fingerprint density at radius 1 is 1.79 bits per heavy atom. The topological polar surface area (TPSA) is 100 Å².